The van der Waals surface area contributed by atoms with Crippen LogP contribution in [0.1, 0.15) is 44.0 Å². The Labute approximate surface area is 174 Å². The van der Waals surface area contributed by atoms with Gasteiger partial charge in [0.05, 0.1) is 21.3 Å². The molecule has 2 aliphatic heterocycles. The zero-order chi connectivity index (χ0) is 20.8. The number of carbonyl (C=O) groups is 3. The zero-order valence-electron chi connectivity index (χ0n) is 17.1. The maximum Gasteiger partial charge on any atom is 0.327 e. The SMILES string of the molecule is CCN1C(=O)N(CC(C)C)C2(CCN(C(=O)c3cccc4ncsc34)CC2)C1=O. The minimum Gasteiger partial charge on any atom is -0.338 e. The fraction of sp³-hybridized carbons (Fsp3) is 0.524. The summed E-state index contributed by atoms with van der Waals surface area (Å²) in [7, 11) is 0. The third kappa shape index (κ3) is 3.10. The highest BCUT2D eigenvalue weighted by Crippen LogP contribution is 2.38. The summed E-state index contributed by atoms with van der Waals surface area (Å²) in [5, 5.41) is 0. The van der Waals surface area contributed by atoms with Crippen molar-refractivity contribution in [1.82, 2.24) is 19.7 Å². The Morgan fingerprint density at radius 2 is 1.97 bits per heavy atom. The summed E-state index contributed by atoms with van der Waals surface area (Å²) in [6, 6.07) is 5.39. The lowest BCUT2D eigenvalue weighted by molar-refractivity contribution is -0.135. The van der Waals surface area contributed by atoms with Crippen LogP contribution in [0.4, 0.5) is 4.79 Å². The van der Waals surface area contributed by atoms with Crippen LogP contribution in [0.3, 0.4) is 0 Å². The van der Waals surface area contributed by atoms with Gasteiger partial charge in [0.15, 0.2) is 0 Å². The van der Waals surface area contributed by atoms with Crippen molar-refractivity contribution in [2.45, 2.75) is 39.2 Å². The number of piperidine rings is 1. The van der Waals surface area contributed by atoms with Crippen LogP contribution in [-0.2, 0) is 4.79 Å². The largest absolute Gasteiger partial charge is 0.338 e. The first kappa shape index (κ1) is 19.8. The van der Waals surface area contributed by atoms with E-state index in [9.17, 15) is 14.4 Å². The molecule has 0 atom stereocenters. The summed E-state index contributed by atoms with van der Waals surface area (Å²) >= 11 is 1.46. The van der Waals surface area contributed by atoms with Crippen molar-refractivity contribution in [2.75, 3.05) is 26.2 Å². The molecule has 0 radical (unpaired) electrons. The van der Waals surface area contributed by atoms with Crippen molar-refractivity contribution in [3.05, 3.63) is 29.3 Å². The molecule has 29 heavy (non-hydrogen) atoms. The Morgan fingerprint density at radius 3 is 2.62 bits per heavy atom. The fourth-order valence-corrected chi connectivity index (χ4v) is 5.26. The van der Waals surface area contributed by atoms with E-state index in [1.807, 2.05) is 25.1 Å². The first-order valence-corrected chi connectivity index (χ1v) is 11.0. The third-order valence-corrected chi connectivity index (χ3v) is 6.83. The Balaban J connectivity index is 1.57. The molecule has 0 unspecified atom stereocenters. The summed E-state index contributed by atoms with van der Waals surface area (Å²) in [6.45, 7) is 7.78. The van der Waals surface area contributed by atoms with Crippen LogP contribution in [-0.4, -0.2) is 69.2 Å². The van der Waals surface area contributed by atoms with Crippen LogP contribution in [0.5, 0.6) is 0 Å². The number of carbonyl (C=O) groups excluding carboxylic acids is 3. The van der Waals surface area contributed by atoms with Gasteiger partial charge >= 0.3 is 6.03 Å². The lowest BCUT2D eigenvalue weighted by Gasteiger charge is -2.42. The van der Waals surface area contributed by atoms with Crippen LogP contribution in [0.25, 0.3) is 10.2 Å². The molecule has 0 N–H and O–H groups in total. The quantitative estimate of drug-likeness (QED) is 0.720. The second kappa shape index (κ2) is 7.40. The number of amides is 4. The number of hydrogen-bond donors (Lipinski definition) is 0. The number of rotatable bonds is 4. The smallest absolute Gasteiger partial charge is 0.327 e. The molecule has 154 valence electrons. The molecular weight excluding hydrogens is 388 g/mol. The molecular formula is C21H26N4O3S. The van der Waals surface area contributed by atoms with Crippen LogP contribution in [0, 0.1) is 5.92 Å². The molecule has 0 bridgehead atoms. The molecule has 2 aliphatic rings. The Kier molecular flexibility index (Phi) is 5.06. The minimum absolute atomic E-state index is 0.0331. The number of likely N-dealkylation sites (N-methyl/N-ethyl adjacent to an activating group) is 1. The van der Waals surface area contributed by atoms with E-state index in [0.717, 1.165) is 10.2 Å². The third-order valence-electron chi connectivity index (χ3n) is 5.95. The van der Waals surface area contributed by atoms with Crippen molar-refractivity contribution in [3.63, 3.8) is 0 Å². The van der Waals surface area contributed by atoms with Gasteiger partial charge in [0.25, 0.3) is 11.8 Å². The number of benzene rings is 1. The summed E-state index contributed by atoms with van der Waals surface area (Å²) < 4.78 is 0.892. The average Bonchev–Trinajstić information content (AvgIpc) is 3.26. The molecule has 4 amide bonds. The van der Waals surface area contributed by atoms with E-state index in [2.05, 4.69) is 18.8 Å². The Bertz CT molecular complexity index is 962. The molecule has 3 heterocycles. The molecule has 0 saturated carbocycles. The highest BCUT2D eigenvalue weighted by atomic mass is 32.1. The minimum atomic E-state index is -0.815. The number of fused-ring (bicyclic) bond motifs is 1. The first-order valence-electron chi connectivity index (χ1n) is 10.1. The number of hydrogen-bond acceptors (Lipinski definition) is 5. The van der Waals surface area contributed by atoms with E-state index in [1.54, 1.807) is 15.3 Å². The van der Waals surface area contributed by atoms with E-state index in [1.165, 1.54) is 16.2 Å². The Hall–Kier alpha value is -2.48. The second-order valence-electron chi connectivity index (χ2n) is 8.17. The van der Waals surface area contributed by atoms with E-state index in [-0.39, 0.29) is 23.8 Å². The summed E-state index contributed by atoms with van der Waals surface area (Å²) in [5.74, 6) is 0.126. The monoisotopic (exact) mass is 414 g/mol. The first-order chi connectivity index (χ1) is 13.9. The normalized spacial score (nSPS) is 19.2. The van der Waals surface area contributed by atoms with Gasteiger partial charge in [-0.25, -0.2) is 9.78 Å². The van der Waals surface area contributed by atoms with Gasteiger partial charge in [0.1, 0.15) is 5.54 Å². The molecule has 1 aromatic heterocycles. The van der Waals surface area contributed by atoms with Crippen molar-refractivity contribution >= 4 is 39.4 Å². The molecule has 2 aromatic rings. The van der Waals surface area contributed by atoms with Gasteiger partial charge in [-0.1, -0.05) is 19.9 Å². The summed E-state index contributed by atoms with van der Waals surface area (Å²) in [6.07, 6.45) is 0.955. The van der Waals surface area contributed by atoms with Crippen molar-refractivity contribution < 1.29 is 14.4 Å². The average molecular weight is 415 g/mol. The topological polar surface area (TPSA) is 73.8 Å². The highest BCUT2D eigenvalue weighted by molar-refractivity contribution is 7.17. The van der Waals surface area contributed by atoms with Crippen molar-refractivity contribution in [1.29, 1.82) is 0 Å². The van der Waals surface area contributed by atoms with Gasteiger partial charge in [-0.2, -0.15) is 0 Å². The van der Waals surface area contributed by atoms with Gasteiger partial charge < -0.3 is 9.80 Å². The van der Waals surface area contributed by atoms with Gasteiger partial charge in [-0.05, 0) is 37.8 Å². The molecule has 0 aliphatic carbocycles. The van der Waals surface area contributed by atoms with E-state index in [4.69, 9.17) is 0 Å². The molecule has 4 rings (SSSR count). The number of urea groups is 1. The van der Waals surface area contributed by atoms with Crippen molar-refractivity contribution in [2.24, 2.45) is 5.92 Å². The van der Waals surface area contributed by atoms with Crippen LogP contribution in [0.2, 0.25) is 0 Å². The predicted molar refractivity (Wildman–Crippen MR) is 112 cm³/mol. The van der Waals surface area contributed by atoms with Gasteiger partial charge in [0, 0.05) is 26.2 Å². The van der Waals surface area contributed by atoms with E-state index < -0.39 is 5.54 Å². The summed E-state index contributed by atoms with van der Waals surface area (Å²) in [4.78, 5) is 48.4. The lowest BCUT2D eigenvalue weighted by Crippen LogP contribution is -2.58. The number of thiazole rings is 1. The van der Waals surface area contributed by atoms with E-state index in [0.29, 0.717) is 44.6 Å². The molecule has 1 spiro atoms. The van der Waals surface area contributed by atoms with E-state index >= 15 is 0 Å². The van der Waals surface area contributed by atoms with Gasteiger partial charge in [0.2, 0.25) is 0 Å². The maximum atomic E-state index is 13.2. The molecule has 2 fully saturated rings. The lowest BCUT2D eigenvalue weighted by atomic mass is 9.85. The highest BCUT2D eigenvalue weighted by Gasteiger charge is 2.57. The number of aromatic nitrogens is 1. The number of nitrogens with zero attached hydrogens (tertiary/aromatic N) is 4. The molecule has 1 aromatic carbocycles. The zero-order valence-corrected chi connectivity index (χ0v) is 17.9. The van der Waals surface area contributed by atoms with Gasteiger partial charge in [-0.3, -0.25) is 14.5 Å². The Morgan fingerprint density at radius 1 is 1.24 bits per heavy atom. The van der Waals surface area contributed by atoms with Crippen LogP contribution >= 0.6 is 11.3 Å². The van der Waals surface area contributed by atoms with Gasteiger partial charge in [-0.15, -0.1) is 11.3 Å². The number of imide groups is 1. The standard InChI is InChI=1S/C21H26N4O3S/c1-4-24-19(27)21(25(20(24)28)12-14(2)3)8-10-23(11-9-21)18(26)15-6-5-7-16-17(15)29-13-22-16/h5-7,13-14H,4,8-12H2,1-3H3. The molecule has 2 saturated heterocycles. The maximum absolute atomic E-state index is 13.2. The molecule has 8 heteroatoms. The van der Waals surface area contributed by atoms with Crippen molar-refractivity contribution in [3.8, 4) is 0 Å². The molecule has 7 nitrogen and oxygen atoms in total. The fourth-order valence-electron chi connectivity index (χ4n) is 4.47. The number of likely N-dealkylation sites (tertiary alicyclic amines) is 1. The second-order valence-corrected chi connectivity index (χ2v) is 9.02. The predicted octanol–water partition coefficient (Wildman–Crippen LogP) is 3.21. The summed E-state index contributed by atoms with van der Waals surface area (Å²) in [5.41, 5.74) is 2.42. The van der Waals surface area contributed by atoms with Crippen LogP contribution in [0.15, 0.2) is 23.7 Å². The van der Waals surface area contributed by atoms with Crippen LogP contribution < -0.4 is 0 Å².